The summed E-state index contributed by atoms with van der Waals surface area (Å²) >= 11 is 0. The van der Waals surface area contributed by atoms with Crippen LogP contribution >= 0.6 is 0 Å². The highest BCUT2D eigenvalue weighted by atomic mass is 16.5. The molecule has 0 saturated carbocycles. The molecule has 1 aromatic carbocycles. The van der Waals surface area contributed by atoms with Crippen LogP contribution in [-0.2, 0) is 4.74 Å². The number of nitrogens with zero attached hydrogens (tertiary/aromatic N) is 1. The Hall–Kier alpha value is -1.10. The molecule has 0 bridgehead atoms. The summed E-state index contributed by atoms with van der Waals surface area (Å²) in [7, 11) is 2.15. The van der Waals surface area contributed by atoms with Gasteiger partial charge in [0.1, 0.15) is 5.75 Å². The first-order valence-corrected chi connectivity index (χ1v) is 7.47. The van der Waals surface area contributed by atoms with E-state index in [0.717, 1.165) is 43.9 Å². The Morgan fingerprint density at radius 3 is 2.75 bits per heavy atom. The lowest BCUT2D eigenvalue weighted by Gasteiger charge is -2.33. The number of para-hydroxylation sites is 1. The highest BCUT2D eigenvalue weighted by Crippen LogP contribution is 2.25. The molecule has 1 aromatic rings. The standard InChI is InChI=1S/C16H26N2O2/c1-3-20-16-7-5-4-6-14(16)15(17)12-18(2)13-8-10-19-11-9-13/h4-7,13,15H,3,8-12,17H2,1-2H3. The van der Waals surface area contributed by atoms with Crippen molar-refractivity contribution in [2.24, 2.45) is 5.73 Å². The molecular weight excluding hydrogens is 252 g/mol. The number of hydrogen-bond donors (Lipinski definition) is 1. The molecule has 4 heteroatoms. The molecule has 1 heterocycles. The van der Waals surface area contributed by atoms with Crippen molar-refractivity contribution in [1.29, 1.82) is 0 Å². The minimum atomic E-state index is -0.0226. The molecule has 0 amide bonds. The number of rotatable bonds is 6. The van der Waals surface area contributed by atoms with Crippen LogP contribution in [0.3, 0.4) is 0 Å². The molecule has 0 aliphatic carbocycles. The van der Waals surface area contributed by atoms with Gasteiger partial charge in [0, 0.05) is 37.4 Å². The normalized spacial score (nSPS) is 18.2. The Morgan fingerprint density at radius 2 is 2.05 bits per heavy atom. The molecule has 1 aliphatic rings. The van der Waals surface area contributed by atoms with Gasteiger partial charge in [-0.15, -0.1) is 0 Å². The van der Waals surface area contributed by atoms with Gasteiger partial charge in [0.2, 0.25) is 0 Å². The zero-order chi connectivity index (χ0) is 14.4. The van der Waals surface area contributed by atoms with E-state index < -0.39 is 0 Å². The van der Waals surface area contributed by atoms with E-state index in [4.69, 9.17) is 15.2 Å². The molecule has 2 rings (SSSR count). The Balaban J connectivity index is 1.98. The summed E-state index contributed by atoms with van der Waals surface area (Å²) in [5.41, 5.74) is 7.47. The quantitative estimate of drug-likeness (QED) is 0.866. The second-order valence-electron chi connectivity index (χ2n) is 5.36. The summed E-state index contributed by atoms with van der Waals surface area (Å²) in [6.07, 6.45) is 2.19. The van der Waals surface area contributed by atoms with E-state index in [0.29, 0.717) is 12.6 Å². The van der Waals surface area contributed by atoms with Gasteiger partial charge in [-0.05, 0) is 32.9 Å². The van der Waals surface area contributed by atoms with Crippen molar-refractivity contribution in [3.05, 3.63) is 29.8 Å². The Morgan fingerprint density at radius 1 is 1.35 bits per heavy atom. The van der Waals surface area contributed by atoms with Crippen LogP contribution < -0.4 is 10.5 Å². The second kappa shape index (κ2) is 7.62. The van der Waals surface area contributed by atoms with Crippen molar-refractivity contribution in [3.8, 4) is 5.75 Å². The number of hydrogen-bond acceptors (Lipinski definition) is 4. The lowest BCUT2D eigenvalue weighted by molar-refractivity contribution is 0.0412. The topological polar surface area (TPSA) is 47.7 Å². The molecular formula is C16H26N2O2. The number of benzene rings is 1. The fourth-order valence-corrected chi connectivity index (χ4v) is 2.76. The predicted molar refractivity (Wildman–Crippen MR) is 81.0 cm³/mol. The van der Waals surface area contributed by atoms with Crippen LogP contribution in [0.2, 0.25) is 0 Å². The smallest absolute Gasteiger partial charge is 0.124 e. The third-order valence-electron chi connectivity index (χ3n) is 3.92. The first-order valence-electron chi connectivity index (χ1n) is 7.47. The molecule has 20 heavy (non-hydrogen) atoms. The van der Waals surface area contributed by atoms with Gasteiger partial charge in [-0.25, -0.2) is 0 Å². The zero-order valence-corrected chi connectivity index (χ0v) is 12.5. The molecule has 1 fully saturated rings. The Bertz CT molecular complexity index is 405. The van der Waals surface area contributed by atoms with Crippen molar-refractivity contribution < 1.29 is 9.47 Å². The first-order chi connectivity index (χ1) is 9.72. The summed E-state index contributed by atoms with van der Waals surface area (Å²) < 4.78 is 11.1. The summed E-state index contributed by atoms with van der Waals surface area (Å²) in [4.78, 5) is 2.36. The highest BCUT2D eigenvalue weighted by molar-refractivity contribution is 5.35. The molecule has 4 nitrogen and oxygen atoms in total. The largest absolute Gasteiger partial charge is 0.494 e. The maximum Gasteiger partial charge on any atom is 0.124 e. The third kappa shape index (κ3) is 3.95. The molecule has 2 N–H and O–H groups in total. The van der Waals surface area contributed by atoms with Gasteiger partial charge < -0.3 is 20.1 Å². The fourth-order valence-electron chi connectivity index (χ4n) is 2.76. The van der Waals surface area contributed by atoms with Crippen LogP contribution in [0.1, 0.15) is 31.4 Å². The number of ether oxygens (including phenoxy) is 2. The molecule has 0 spiro atoms. The Kier molecular flexibility index (Phi) is 5.83. The summed E-state index contributed by atoms with van der Waals surface area (Å²) in [5, 5.41) is 0. The summed E-state index contributed by atoms with van der Waals surface area (Å²) in [6.45, 7) is 5.23. The highest BCUT2D eigenvalue weighted by Gasteiger charge is 2.21. The van der Waals surface area contributed by atoms with Crippen molar-refractivity contribution >= 4 is 0 Å². The van der Waals surface area contributed by atoms with E-state index in [-0.39, 0.29) is 6.04 Å². The summed E-state index contributed by atoms with van der Waals surface area (Å²) in [5.74, 6) is 0.905. The van der Waals surface area contributed by atoms with Gasteiger partial charge in [0.25, 0.3) is 0 Å². The van der Waals surface area contributed by atoms with Gasteiger partial charge in [0.05, 0.1) is 6.61 Å². The van der Waals surface area contributed by atoms with Gasteiger partial charge in [-0.3, -0.25) is 0 Å². The lowest BCUT2D eigenvalue weighted by Crippen LogP contribution is -2.40. The third-order valence-corrected chi connectivity index (χ3v) is 3.92. The van der Waals surface area contributed by atoms with Crippen LogP contribution in [0.15, 0.2) is 24.3 Å². The minimum absolute atomic E-state index is 0.0226. The van der Waals surface area contributed by atoms with Crippen LogP contribution in [0, 0.1) is 0 Å². The van der Waals surface area contributed by atoms with Crippen molar-refractivity contribution in [1.82, 2.24) is 4.90 Å². The molecule has 1 unspecified atom stereocenters. The summed E-state index contributed by atoms with van der Waals surface area (Å²) in [6, 6.07) is 8.62. The monoisotopic (exact) mass is 278 g/mol. The molecule has 0 radical (unpaired) electrons. The molecule has 1 aliphatic heterocycles. The van der Waals surface area contributed by atoms with Crippen molar-refractivity contribution in [2.75, 3.05) is 33.4 Å². The first kappa shape index (κ1) is 15.3. The van der Waals surface area contributed by atoms with Gasteiger partial charge >= 0.3 is 0 Å². The Labute approximate surface area is 121 Å². The van der Waals surface area contributed by atoms with Gasteiger partial charge in [0.15, 0.2) is 0 Å². The van der Waals surface area contributed by atoms with E-state index in [1.54, 1.807) is 0 Å². The lowest BCUT2D eigenvalue weighted by atomic mass is 10.0. The van der Waals surface area contributed by atoms with Crippen LogP contribution in [0.5, 0.6) is 5.75 Å². The van der Waals surface area contributed by atoms with Crippen molar-refractivity contribution in [3.63, 3.8) is 0 Å². The van der Waals surface area contributed by atoms with Crippen LogP contribution in [0.25, 0.3) is 0 Å². The molecule has 1 atom stereocenters. The van der Waals surface area contributed by atoms with E-state index in [2.05, 4.69) is 18.0 Å². The maximum absolute atomic E-state index is 6.38. The van der Waals surface area contributed by atoms with Crippen LogP contribution in [0.4, 0.5) is 0 Å². The number of nitrogens with two attached hydrogens (primary N) is 1. The van der Waals surface area contributed by atoms with E-state index in [9.17, 15) is 0 Å². The van der Waals surface area contributed by atoms with Gasteiger partial charge in [-0.2, -0.15) is 0 Å². The average molecular weight is 278 g/mol. The fraction of sp³-hybridized carbons (Fsp3) is 0.625. The SMILES string of the molecule is CCOc1ccccc1C(N)CN(C)C1CCOCC1. The molecule has 112 valence electrons. The van der Waals surface area contributed by atoms with Gasteiger partial charge in [-0.1, -0.05) is 18.2 Å². The van der Waals surface area contributed by atoms with E-state index in [1.807, 2.05) is 25.1 Å². The minimum Gasteiger partial charge on any atom is -0.494 e. The van der Waals surface area contributed by atoms with E-state index >= 15 is 0 Å². The van der Waals surface area contributed by atoms with Crippen molar-refractivity contribution in [2.45, 2.75) is 31.8 Å². The van der Waals surface area contributed by atoms with Crippen LogP contribution in [-0.4, -0.2) is 44.4 Å². The number of likely N-dealkylation sites (N-methyl/N-ethyl adjacent to an activating group) is 1. The maximum atomic E-state index is 6.38. The average Bonchev–Trinajstić information content (AvgIpc) is 2.49. The van der Waals surface area contributed by atoms with E-state index in [1.165, 1.54) is 0 Å². The zero-order valence-electron chi connectivity index (χ0n) is 12.5. The predicted octanol–water partition coefficient (Wildman–Crippen LogP) is 2.20. The molecule has 1 saturated heterocycles. The second-order valence-corrected chi connectivity index (χ2v) is 5.36. The molecule has 0 aromatic heterocycles.